The van der Waals surface area contributed by atoms with Crippen LogP contribution in [0.1, 0.15) is 139 Å². The number of rotatable bonds is 26. The van der Waals surface area contributed by atoms with Crippen LogP contribution < -0.4 is 15.2 Å². The Balaban J connectivity index is 0.735. The minimum atomic E-state index is -4.97. The Morgan fingerprint density at radius 3 is 2.40 bits per heavy atom. The van der Waals surface area contributed by atoms with Crippen molar-refractivity contribution in [2.75, 3.05) is 38.2 Å². The van der Waals surface area contributed by atoms with Gasteiger partial charge in [-0.2, -0.15) is 0 Å². The molecule has 4 saturated carbocycles. The Morgan fingerprint density at radius 1 is 0.872 bits per heavy atom. The molecule has 6 aliphatic rings. The summed E-state index contributed by atoms with van der Waals surface area (Å²) in [6.07, 6.45) is 17.0. The van der Waals surface area contributed by atoms with Gasteiger partial charge in [0, 0.05) is 53.7 Å². The first-order chi connectivity index (χ1) is 37.6. The molecule has 1 unspecified atom stereocenters. The van der Waals surface area contributed by atoms with Crippen LogP contribution in [-0.4, -0.2) is 94.7 Å². The van der Waals surface area contributed by atoms with Crippen LogP contribution in [-0.2, 0) is 57.5 Å². The van der Waals surface area contributed by atoms with Gasteiger partial charge >= 0.3 is 13.9 Å². The number of hydrogen-bond acceptors (Lipinski definition) is 13. The first-order valence-electron chi connectivity index (χ1n) is 28.5. The molecular weight excluding hydrogens is 1020 g/mol. The fourth-order valence-corrected chi connectivity index (χ4v) is 14.6. The summed E-state index contributed by atoms with van der Waals surface area (Å²) >= 11 is 0. The van der Waals surface area contributed by atoms with Crippen LogP contribution in [0.4, 0.5) is 10.5 Å². The fourth-order valence-electron chi connectivity index (χ4n) is 14.1. The highest BCUT2D eigenvalue weighted by molar-refractivity contribution is 7.46. The lowest BCUT2D eigenvalue weighted by molar-refractivity contribution is -0.210. The summed E-state index contributed by atoms with van der Waals surface area (Å²) in [5.41, 5.74) is 1.72. The van der Waals surface area contributed by atoms with E-state index < -0.39 is 61.6 Å². The van der Waals surface area contributed by atoms with Crippen molar-refractivity contribution in [2.24, 2.45) is 34.5 Å². The zero-order chi connectivity index (χ0) is 54.9. The van der Waals surface area contributed by atoms with Crippen LogP contribution in [0.2, 0.25) is 0 Å². The number of ether oxygens (including phenoxy) is 5. The van der Waals surface area contributed by atoms with Crippen molar-refractivity contribution in [3.63, 3.8) is 0 Å². The number of phosphoric ester groups is 1. The summed E-state index contributed by atoms with van der Waals surface area (Å²) < 4.78 is 48.1. The number of allylic oxidation sites excluding steroid dienone is 4. The van der Waals surface area contributed by atoms with E-state index in [0.29, 0.717) is 30.6 Å². The molecule has 9 rings (SSSR count). The maximum atomic E-state index is 15.0. The molecule has 3 aromatic carbocycles. The summed E-state index contributed by atoms with van der Waals surface area (Å²) in [6, 6.07) is 21.7. The van der Waals surface area contributed by atoms with Crippen molar-refractivity contribution >= 4 is 31.2 Å². The third-order valence-corrected chi connectivity index (χ3v) is 18.5. The predicted molar refractivity (Wildman–Crippen MR) is 293 cm³/mol. The third-order valence-electron chi connectivity index (χ3n) is 18.0. The van der Waals surface area contributed by atoms with Gasteiger partial charge in [0.2, 0.25) is 0 Å². The zero-order valence-electron chi connectivity index (χ0n) is 45.4. The lowest BCUT2D eigenvalue weighted by atomic mass is 9.46. The highest BCUT2D eigenvalue weighted by Crippen LogP contribution is 2.70. The van der Waals surface area contributed by atoms with Gasteiger partial charge in [0.1, 0.15) is 19.0 Å². The normalized spacial score (nSPS) is 28.9. The molecule has 78 heavy (non-hydrogen) atoms. The molecule has 17 heteroatoms. The Morgan fingerprint density at radius 2 is 1.63 bits per heavy atom. The Bertz CT molecular complexity index is 2640. The second-order valence-corrected chi connectivity index (χ2v) is 24.3. The van der Waals surface area contributed by atoms with Crippen molar-refractivity contribution < 1.29 is 67.2 Å². The third kappa shape index (κ3) is 13.4. The van der Waals surface area contributed by atoms with Gasteiger partial charge in [0.15, 0.2) is 23.5 Å². The van der Waals surface area contributed by atoms with Crippen molar-refractivity contribution in [1.29, 1.82) is 0 Å². The van der Waals surface area contributed by atoms with E-state index in [-0.39, 0.29) is 66.3 Å². The monoisotopic (exact) mass is 1100 g/mol. The first kappa shape index (κ1) is 58.1. The highest BCUT2D eigenvalue weighted by atomic mass is 31.2. The minimum absolute atomic E-state index is 0.0120. The molecule has 0 radical (unpaired) electrons. The number of carbonyl (C=O) groups excluding carboxylic acids is 3. The molecule has 5 fully saturated rings. The number of amides is 1. The van der Waals surface area contributed by atoms with Gasteiger partial charge in [0.05, 0.1) is 24.9 Å². The molecule has 3 aromatic rings. The van der Waals surface area contributed by atoms with Crippen molar-refractivity contribution in [2.45, 2.75) is 160 Å². The van der Waals surface area contributed by atoms with Crippen LogP contribution >= 0.6 is 7.82 Å². The second kappa shape index (κ2) is 25.9. The topological polar surface area (TPSA) is 229 Å². The SMILES string of the molecule is C[C@]12C=CC(=O)C=C1CC[C@@H]1[C@@H]2[C@@H](O)C[C@@]2(C)[C@H]1CC1O[C@@H](C3CCCCC3)O[C@]12C(=O)COCc1ccc(NC(=O)OCc2cc([C@@H](O)CNCCCCCCOCCCCc3ccccc3)ccc2OP(=O)(O)O)cc1. The number of Topliss-reactive ketones (excluding diaryl/α,β-unsaturated/α-hetero) is 1. The highest BCUT2D eigenvalue weighted by Gasteiger charge is 2.76. The van der Waals surface area contributed by atoms with E-state index >= 15 is 0 Å². The predicted octanol–water partition coefficient (Wildman–Crippen LogP) is 10.2. The molecule has 0 aromatic heterocycles. The minimum Gasteiger partial charge on any atom is -0.444 e. The van der Waals surface area contributed by atoms with Crippen molar-refractivity contribution in [1.82, 2.24) is 5.32 Å². The molecule has 5 aliphatic carbocycles. The van der Waals surface area contributed by atoms with Crippen molar-refractivity contribution in [3.8, 4) is 5.75 Å². The number of phosphoric acid groups is 1. The molecule has 0 bridgehead atoms. The molecule has 1 aliphatic heterocycles. The quantitative estimate of drug-likeness (QED) is 0.0325. The standard InChI is InChI=1S/C61H81N2O14P/c1-59-29-28-48(64)34-46(59)23-26-49-50-35-55-61(60(50,2)36-51(65)56(49)59,76-57(75-55)43-18-9-6-10-19-43)54(67)40-73-38-42-20-24-47(25-21-42)63-58(68)74-39-45-33-44(22-27-53(45)77-78(69,70)71)52(66)37-62-30-12-3-4-13-31-72-32-14-11-17-41-15-7-5-8-16-41/h5,7-8,15-16,20-22,24-25,27-29,33-34,43,49-52,55-57,62,65-66H,3-4,6,9-14,17-19,23,26,30-32,35-40H2,1-2H3,(H,63,68)(H2,69,70,71)/t49-,50-,51-,52-,55?,56+,57+,59-,60-,61+/m0/s1. The van der Waals surface area contributed by atoms with Gasteiger partial charge in [0.25, 0.3) is 0 Å². The number of fused-ring (bicyclic) bond motifs is 7. The van der Waals surface area contributed by atoms with Crippen LogP contribution in [0.3, 0.4) is 0 Å². The number of aryl methyl sites for hydroxylation is 1. The molecule has 1 saturated heterocycles. The number of ketones is 2. The van der Waals surface area contributed by atoms with E-state index in [9.17, 15) is 38.9 Å². The molecule has 1 heterocycles. The summed E-state index contributed by atoms with van der Waals surface area (Å²) in [5, 5.41) is 29.1. The number of hydrogen-bond donors (Lipinski definition) is 6. The summed E-state index contributed by atoms with van der Waals surface area (Å²) in [5.74, 6) is -0.135. The number of unbranched alkanes of at least 4 members (excludes halogenated alkanes) is 4. The molecular formula is C61H81N2O14P. The lowest BCUT2D eigenvalue weighted by Crippen LogP contribution is -2.63. The lowest BCUT2D eigenvalue weighted by Gasteiger charge is -2.59. The Kier molecular flexibility index (Phi) is 19.3. The molecule has 424 valence electrons. The second-order valence-electron chi connectivity index (χ2n) is 23.1. The average Bonchev–Trinajstić information content (AvgIpc) is 3.15. The maximum Gasteiger partial charge on any atom is 0.524 e. The van der Waals surface area contributed by atoms with E-state index in [4.69, 9.17) is 28.2 Å². The largest absolute Gasteiger partial charge is 0.524 e. The molecule has 16 nitrogen and oxygen atoms in total. The van der Waals surface area contributed by atoms with Gasteiger partial charge in [-0.3, -0.25) is 24.7 Å². The number of aliphatic hydroxyl groups excluding tert-OH is 2. The van der Waals surface area contributed by atoms with Gasteiger partial charge in [-0.05, 0) is 142 Å². The Labute approximate surface area is 459 Å². The van der Waals surface area contributed by atoms with E-state index in [1.54, 1.807) is 36.4 Å². The summed E-state index contributed by atoms with van der Waals surface area (Å²) in [6.45, 7) is 6.20. The summed E-state index contributed by atoms with van der Waals surface area (Å²) in [4.78, 5) is 59.6. The van der Waals surface area contributed by atoms with Crippen LogP contribution in [0.25, 0.3) is 0 Å². The molecule has 10 atom stereocenters. The van der Waals surface area contributed by atoms with Gasteiger partial charge < -0.3 is 43.7 Å². The molecule has 6 N–H and O–H groups in total. The fraction of sp³-hybridized carbons (Fsp3) is 0.590. The Hall–Kier alpha value is -4.58. The molecule has 0 spiro atoms. The molecule has 1 amide bonds. The van der Waals surface area contributed by atoms with Crippen LogP contribution in [0, 0.1) is 34.5 Å². The zero-order valence-corrected chi connectivity index (χ0v) is 46.3. The smallest absolute Gasteiger partial charge is 0.444 e. The van der Waals surface area contributed by atoms with Gasteiger partial charge in [-0.25, -0.2) is 9.36 Å². The van der Waals surface area contributed by atoms with Crippen LogP contribution in [0.5, 0.6) is 5.75 Å². The number of nitrogens with one attached hydrogen (secondary N) is 2. The number of carbonyl (C=O) groups is 3. The number of anilines is 1. The number of benzene rings is 3. The van der Waals surface area contributed by atoms with E-state index in [0.717, 1.165) is 108 Å². The van der Waals surface area contributed by atoms with Crippen LogP contribution in [0.15, 0.2) is 96.6 Å². The first-order valence-corrected chi connectivity index (χ1v) is 30.1. The van der Waals surface area contributed by atoms with E-state index in [1.807, 2.05) is 12.1 Å². The maximum absolute atomic E-state index is 15.0. The van der Waals surface area contributed by atoms with Crippen molar-refractivity contribution in [3.05, 3.63) is 119 Å². The average molecular weight is 1100 g/mol. The van der Waals surface area contributed by atoms with E-state index in [1.165, 1.54) is 30.2 Å². The van der Waals surface area contributed by atoms with E-state index in [2.05, 4.69) is 48.7 Å². The number of aliphatic hydroxyl groups is 2. The van der Waals surface area contributed by atoms with Gasteiger partial charge in [-0.1, -0.05) is 106 Å². The summed E-state index contributed by atoms with van der Waals surface area (Å²) in [7, 11) is -4.97. The van der Waals surface area contributed by atoms with Gasteiger partial charge in [-0.15, -0.1) is 0 Å².